The molecule has 6 heteroatoms. The van der Waals surface area contributed by atoms with Gasteiger partial charge in [-0.3, -0.25) is 9.59 Å². The van der Waals surface area contributed by atoms with E-state index in [1.54, 1.807) is 17.4 Å². The third-order valence-corrected chi connectivity index (χ3v) is 5.17. The summed E-state index contributed by atoms with van der Waals surface area (Å²) in [6.07, 6.45) is 1.60. The van der Waals surface area contributed by atoms with Crippen molar-refractivity contribution in [2.45, 2.75) is 39.2 Å². The molecule has 2 N–H and O–H groups in total. The molecule has 0 aliphatic carbocycles. The summed E-state index contributed by atoms with van der Waals surface area (Å²) in [7, 11) is 0. The molecule has 0 saturated heterocycles. The summed E-state index contributed by atoms with van der Waals surface area (Å²) in [5.74, 6) is 1.00. The molecule has 2 heterocycles. The van der Waals surface area contributed by atoms with Crippen LogP contribution < -0.4 is 10.9 Å². The first-order valence-corrected chi connectivity index (χ1v) is 9.71. The molecule has 5 nitrogen and oxygen atoms in total. The number of nitrogens with one attached hydrogen (secondary N) is 2. The van der Waals surface area contributed by atoms with Crippen molar-refractivity contribution in [1.29, 1.82) is 0 Å². The first-order chi connectivity index (χ1) is 12.5. The summed E-state index contributed by atoms with van der Waals surface area (Å²) >= 11 is 1.66. The third kappa shape index (κ3) is 4.58. The maximum atomic E-state index is 12.4. The number of carbonyl (C=O) groups is 1. The van der Waals surface area contributed by atoms with Crippen LogP contribution in [0.1, 0.15) is 43.4 Å². The Balaban J connectivity index is 1.65. The molecule has 1 amide bonds. The van der Waals surface area contributed by atoms with Crippen LogP contribution in [0.2, 0.25) is 0 Å². The highest BCUT2D eigenvalue weighted by molar-refractivity contribution is 7.10. The molecule has 3 rings (SSSR count). The number of hydrogen-bond acceptors (Lipinski definition) is 4. The number of thiophene rings is 1. The highest BCUT2D eigenvalue weighted by Gasteiger charge is 2.17. The van der Waals surface area contributed by atoms with Gasteiger partial charge in [-0.25, -0.2) is 4.98 Å². The Morgan fingerprint density at radius 2 is 2.04 bits per heavy atom. The van der Waals surface area contributed by atoms with Crippen LogP contribution in [0.4, 0.5) is 0 Å². The Bertz CT molecular complexity index is 932. The Labute approximate surface area is 156 Å². The highest BCUT2D eigenvalue weighted by Crippen LogP contribution is 2.25. The Kier molecular flexibility index (Phi) is 5.83. The highest BCUT2D eigenvalue weighted by atomic mass is 32.1. The molecule has 2 aromatic heterocycles. The number of aryl methyl sites for hydroxylation is 1. The van der Waals surface area contributed by atoms with Crippen LogP contribution in [0.25, 0.3) is 10.9 Å². The molecule has 0 unspecified atom stereocenters. The van der Waals surface area contributed by atoms with Gasteiger partial charge in [0.05, 0.1) is 16.9 Å². The summed E-state index contributed by atoms with van der Waals surface area (Å²) in [6, 6.07) is 11.3. The fourth-order valence-electron chi connectivity index (χ4n) is 2.96. The molecule has 0 saturated carbocycles. The lowest BCUT2D eigenvalue weighted by atomic mass is 10.0. The van der Waals surface area contributed by atoms with E-state index in [1.165, 1.54) is 4.88 Å². The summed E-state index contributed by atoms with van der Waals surface area (Å²) < 4.78 is 0. The molecule has 0 aliphatic rings. The van der Waals surface area contributed by atoms with Crippen molar-refractivity contribution in [2.24, 2.45) is 5.92 Å². The van der Waals surface area contributed by atoms with Gasteiger partial charge in [-0.15, -0.1) is 11.3 Å². The number of amides is 1. The number of aromatic nitrogens is 2. The first kappa shape index (κ1) is 18.3. The number of para-hydroxylation sites is 1. The van der Waals surface area contributed by atoms with Gasteiger partial charge >= 0.3 is 0 Å². The van der Waals surface area contributed by atoms with Crippen LogP contribution in [0.3, 0.4) is 0 Å². The van der Waals surface area contributed by atoms with Crippen molar-refractivity contribution >= 4 is 28.1 Å². The van der Waals surface area contributed by atoms with Gasteiger partial charge in [-0.1, -0.05) is 32.0 Å². The number of rotatable bonds is 7. The molecule has 1 atom stereocenters. The van der Waals surface area contributed by atoms with Crippen LogP contribution >= 0.6 is 11.3 Å². The van der Waals surface area contributed by atoms with Crippen molar-refractivity contribution in [3.05, 3.63) is 62.8 Å². The van der Waals surface area contributed by atoms with Crippen molar-refractivity contribution in [3.63, 3.8) is 0 Å². The second kappa shape index (κ2) is 8.27. The molecule has 136 valence electrons. The lowest BCUT2D eigenvalue weighted by Gasteiger charge is -2.19. The van der Waals surface area contributed by atoms with Gasteiger partial charge in [-0.2, -0.15) is 0 Å². The number of nitrogens with zero attached hydrogens (tertiary/aromatic N) is 1. The van der Waals surface area contributed by atoms with Gasteiger partial charge in [0.15, 0.2) is 0 Å². The zero-order valence-electron chi connectivity index (χ0n) is 15.0. The summed E-state index contributed by atoms with van der Waals surface area (Å²) in [5.41, 5.74) is 0.491. The van der Waals surface area contributed by atoms with Gasteiger partial charge in [0, 0.05) is 17.7 Å². The number of H-pyrrole nitrogens is 1. The molecule has 0 bridgehead atoms. The average molecular weight is 369 g/mol. The first-order valence-electron chi connectivity index (χ1n) is 8.83. The van der Waals surface area contributed by atoms with Gasteiger partial charge in [-0.05, 0) is 35.9 Å². The monoisotopic (exact) mass is 369 g/mol. The van der Waals surface area contributed by atoms with E-state index in [2.05, 4.69) is 35.2 Å². The number of hydrogen-bond donors (Lipinski definition) is 2. The second-order valence-corrected chi connectivity index (χ2v) is 7.77. The summed E-state index contributed by atoms with van der Waals surface area (Å²) in [4.78, 5) is 32.9. The Morgan fingerprint density at radius 3 is 2.77 bits per heavy atom. The summed E-state index contributed by atoms with van der Waals surface area (Å²) in [6.45, 7) is 4.30. The van der Waals surface area contributed by atoms with E-state index in [1.807, 2.05) is 29.6 Å². The van der Waals surface area contributed by atoms with E-state index in [9.17, 15) is 9.59 Å². The average Bonchev–Trinajstić information content (AvgIpc) is 3.14. The van der Waals surface area contributed by atoms with Gasteiger partial charge in [0.2, 0.25) is 5.91 Å². The van der Waals surface area contributed by atoms with E-state index in [0.717, 1.165) is 6.42 Å². The molecule has 0 radical (unpaired) electrons. The topological polar surface area (TPSA) is 74.8 Å². The van der Waals surface area contributed by atoms with Crippen LogP contribution in [0.15, 0.2) is 46.6 Å². The predicted molar refractivity (Wildman–Crippen MR) is 105 cm³/mol. The number of carbonyl (C=O) groups excluding carboxylic acids is 1. The molecule has 3 aromatic rings. The largest absolute Gasteiger partial charge is 0.348 e. The smallest absolute Gasteiger partial charge is 0.258 e. The van der Waals surface area contributed by atoms with Gasteiger partial charge < -0.3 is 10.3 Å². The molecular formula is C20H23N3O2S. The van der Waals surface area contributed by atoms with E-state index >= 15 is 0 Å². The lowest BCUT2D eigenvalue weighted by molar-refractivity contribution is -0.121. The Morgan fingerprint density at radius 1 is 1.23 bits per heavy atom. The van der Waals surface area contributed by atoms with Crippen LogP contribution in [-0.4, -0.2) is 15.9 Å². The van der Waals surface area contributed by atoms with Gasteiger partial charge in [0.25, 0.3) is 5.56 Å². The van der Waals surface area contributed by atoms with Crippen LogP contribution in [0.5, 0.6) is 0 Å². The fraction of sp³-hybridized carbons (Fsp3) is 0.350. The maximum Gasteiger partial charge on any atom is 0.258 e. The maximum absolute atomic E-state index is 12.4. The predicted octanol–water partition coefficient (Wildman–Crippen LogP) is 3.82. The minimum Gasteiger partial charge on any atom is -0.348 e. The number of benzene rings is 1. The van der Waals surface area contributed by atoms with Crippen molar-refractivity contribution in [1.82, 2.24) is 15.3 Å². The molecule has 0 aliphatic heterocycles. The van der Waals surface area contributed by atoms with Crippen molar-refractivity contribution < 1.29 is 4.79 Å². The molecule has 0 fully saturated rings. The van der Waals surface area contributed by atoms with Crippen molar-refractivity contribution in [2.75, 3.05) is 0 Å². The van der Waals surface area contributed by atoms with Crippen LogP contribution in [0, 0.1) is 5.92 Å². The Hall–Kier alpha value is -2.47. The quantitative estimate of drug-likeness (QED) is 0.665. The van der Waals surface area contributed by atoms with Gasteiger partial charge in [0.1, 0.15) is 5.82 Å². The molecule has 0 spiro atoms. The SMILES string of the molecule is CC(C)C[C@H](NC(=O)CCc1nc2ccccc2c(=O)[nH]1)c1cccs1. The van der Waals surface area contributed by atoms with E-state index in [0.29, 0.717) is 35.5 Å². The lowest BCUT2D eigenvalue weighted by Crippen LogP contribution is -2.29. The molecule has 1 aromatic carbocycles. The van der Waals surface area contributed by atoms with Crippen molar-refractivity contribution in [3.8, 4) is 0 Å². The minimum absolute atomic E-state index is 0.0279. The number of fused-ring (bicyclic) bond motifs is 1. The normalized spacial score (nSPS) is 12.4. The summed E-state index contributed by atoms with van der Waals surface area (Å²) in [5, 5.41) is 5.72. The van der Waals surface area contributed by atoms with E-state index in [-0.39, 0.29) is 17.5 Å². The fourth-order valence-corrected chi connectivity index (χ4v) is 3.75. The zero-order chi connectivity index (χ0) is 18.5. The third-order valence-electron chi connectivity index (χ3n) is 4.18. The van der Waals surface area contributed by atoms with E-state index < -0.39 is 0 Å². The standard InChI is InChI=1S/C20H23N3O2S/c1-13(2)12-16(17-8-5-11-26-17)22-19(24)10-9-18-21-15-7-4-3-6-14(15)20(25)23-18/h3-8,11,13,16H,9-10,12H2,1-2H3,(H,22,24)(H,21,23,25)/t16-/m0/s1. The van der Waals surface area contributed by atoms with Crippen LogP contribution in [-0.2, 0) is 11.2 Å². The molecule has 26 heavy (non-hydrogen) atoms. The minimum atomic E-state index is -0.165. The zero-order valence-corrected chi connectivity index (χ0v) is 15.8. The second-order valence-electron chi connectivity index (χ2n) is 6.79. The molecular weight excluding hydrogens is 346 g/mol. The van der Waals surface area contributed by atoms with E-state index in [4.69, 9.17) is 0 Å². The number of aromatic amines is 1.